The van der Waals surface area contributed by atoms with Crippen molar-refractivity contribution in [1.29, 1.82) is 0 Å². The van der Waals surface area contributed by atoms with Crippen molar-refractivity contribution < 1.29 is 8.42 Å². The second-order valence-electron chi connectivity index (χ2n) is 4.49. The van der Waals surface area contributed by atoms with Crippen molar-refractivity contribution in [3.63, 3.8) is 0 Å². The molecule has 0 saturated carbocycles. The summed E-state index contributed by atoms with van der Waals surface area (Å²) in [7, 11) is -1.35. The minimum absolute atomic E-state index is 0.297. The number of sulfone groups is 1. The van der Waals surface area contributed by atoms with Crippen LogP contribution >= 0.6 is 0 Å². The molecule has 1 heterocycles. The van der Waals surface area contributed by atoms with Gasteiger partial charge in [0, 0.05) is 26.0 Å². The molecule has 0 aliphatic carbocycles. The molecule has 0 spiro atoms. The standard InChI is InChI=1S/C12H20N2O2S/c1-5-10(2)9-14(3)12-11(17(4,15)16)7-6-8-13-12/h6-8,10H,5,9H2,1-4H3. The van der Waals surface area contributed by atoms with Crippen molar-refractivity contribution in [2.75, 3.05) is 24.7 Å². The lowest BCUT2D eigenvalue weighted by Gasteiger charge is -2.23. The van der Waals surface area contributed by atoms with E-state index in [9.17, 15) is 8.42 Å². The Balaban J connectivity index is 3.06. The quantitative estimate of drug-likeness (QED) is 0.808. The number of rotatable bonds is 5. The van der Waals surface area contributed by atoms with Crippen molar-refractivity contribution in [2.24, 2.45) is 5.92 Å². The van der Waals surface area contributed by atoms with Gasteiger partial charge in [0.25, 0.3) is 0 Å². The zero-order valence-corrected chi connectivity index (χ0v) is 11.7. The third-order valence-corrected chi connectivity index (χ3v) is 3.91. The third-order valence-electron chi connectivity index (χ3n) is 2.79. The van der Waals surface area contributed by atoms with E-state index in [1.165, 1.54) is 6.26 Å². The predicted molar refractivity (Wildman–Crippen MR) is 70.1 cm³/mol. The maximum Gasteiger partial charge on any atom is 0.179 e. The third kappa shape index (κ3) is 3.70. The topological polar surface area (TPSA) is 50.3 Å². The van der Waals surface area contributed by atoms with E-state index in [0.717, 1.165) is 13.0 Å². The van der Waals surface area contributed by atoms with Gasteiger partial charge in [-0.25, -0.2) is 13.4 Å². The van der Waals surface area contributed by atoms with Gasteiger partial charge in [0.05, 0.1) is 0 Å². The molecule has 1 aromatic rings. The molecule has 1 rings (SSSR count). The molecule has 4 nitrogen and oxygen atoms in total. The van der Waals surface area contributed by atoms with Crippen molar-refractivity contribution in [3.8, 4) is 0 Å². The zero-order chi connectivity index (χ0) is 13.1. The van der Waals surface area contributed by atoms with Crippen molar-refractivity contribution in [1.82, 2.24) is 4.98 Å². The van der Waals surface area contributed by atoms with Gasteiger partial charge in [0.1, 0.15) is 10.7 Å². The molecular formula is C12H20N2O2S. The SMILES string of the molecule is CCC(C)CN(C)c1ncccc1S(C)(=O)=O. The van der Waals surface area contributed by atoms with Gasteiger partial charge in [-0.15, -0.1) is 0 Å². The fourth-order valence-corrected chi connectivity index (χ4v) is 2.51. The first-order chi connectivity index (χ1) is 7.86. The van der Waals surface area contributed by atoms with Crippen LogP contribution in [0.15, 0.2) is 23.2 Å². The number of hydrogen-bond acceptors (Lipinski definition) is 4. The van der Waals surface area contributed by atoms with Crippen LogP contribution in [0.2, 0.25) is 0 Å². The normalized spacial score (nSPS) is 13.4. The molecule has 1 atom stereocenters. The number of anilines is 1. The van der Waals surface area contributed by atoms with Gasteiger partial charge in [0.2, 0.25) is 0 Å². The highest BCUT2D eigenvalue weighted by atomic mass is 32.2. The molecule has 0 bridgehead atoms. The second kappa shape index (κ2) is 5.49. The molecular weight excluding hydrogens is 236 g/mol. The summed E-state index contributed by atoms with van der Waals surface area (Å²) in [5, 5.41) is 0. The monoisotopic (exact) mass is 256 g/mol. The molecule has 0 aliphatic rings. The largest absolute Gasteiger partial charge is 0.358 e. The zero-order valence-electron chi connectivity index (χ0n) is 10.8. The second-order valence-corrected chi connectivity index (χ2v) is 6.48. The Hall–Kier alpha value is -1.10. The highest BCUT2D eigenvalue weighted by molar-refractivity contribution is 7.90. The van der Waals surface area contributed by atoms with Crippen LogP contribution in [0.5, 0.6) is 0 Å². The Morgan fingerprint density at radius 1 is 1.47 bits per heavy atom. The summed E-state index contributed by atoms with van der Waals surface area (Å²) in [6, 6.07) is 3.25. The first kappa shape index (κ1) is 14.0. The number of hydrogen-bond donors (Lipinski definition) is 0. The minimum Gasteiger partial charge on any atom is -0.358 e. The molecule has 0 radical (unpaired) electrons. The summed E-state index contributed by atoms with van der Waals surface area (Å²) < 4.78 is 23.3. The predicted octanol–water partition coefficient (Wildman–Crippen LogP) is 1.97. The van der Waals surface area contributed by atoms with E-state index in [4.69, 9.17) is 0 Å². The van der Waals surface area contributed by atoms with Crippen LogP contribution in [0.25, 0.3) is 0 Å². The molecule has 0 aliphatic heterocycles. The molecule has 0 saturated heterocycles. The maximum atomic E-state index is 11.6. The van der Waals surface area contributed by atoms with Gasteiger partial charge in [0.15, 0.2) is 9.84 Å². The summed E-state index contributed by atoms with van der Waals surface area (Å²) in [6.45, 7) is 5.06. The highest BCUT2D eigenvalue weighted by Crippen LogP contribution is 2.22. The summed E-state index contributed by atoms with van der Waals surface area (Å²) in [6.07, 6.45) is 3.90. The van der Waals surface area contributed by atoms with Crippen LogP contribution in [0.3, 0.4) is 0 Å². The maximum absolute atomic E-state index is 11.6. The van der Waals surface area contributed by atoms with E-state index in [-0.39, 0.29) is 0 Å². The Kier molecular flexibility index (Phi) is 4.51. The number of pyridine rings is 1. The number of nitrogens with zero attached hydrogens (tertiary/aromatic N) is 2. The van der Waals surface area contributed by atoms with Crippen molar-refractivity contribution in [3.05, 3.63) is 18.3 Å². The molecule has 0 fully saturated rings. The lowest BCUT2D eigenvalue weighted by molar-refractivity contribution is 0.555. The molecule has 17 heavy (non-hydrogen) atoms. The summed E-state index contributed by atoms with van der Waals surface area (Å²) >= 11 is 0. The molecule has 0 aromatic carbocycles. The number of aromatic nitrogens is 1. The van der Waals surface area contributed by atoms with Crippen LogP contribution in [0.1, 0.15) is 20.3 Å². The van der Waals surface area contributed by atoms with Gasteiger partial charge in [-0.05, 0) is 18.1 Å². The summed E-state index contributed by atoms with van der Waals surface area (Å²) in [5.41, 5.74) is 0. The Bertz CT molecular complexity index is 471. The summed E-state index contributed by atoms with van der Waals surface area (Å²) in [5.74, 6) is 1.05. The van der Waals surface area contributed by atoms with Gasteiger partial charge < -0.3 is 4.90 Å². The first-order valence-electron chi connectivity index (χ1n) is 5.72. The molecule has 96 valence electrons. The highest BCUT2D eigenvalue weighted by Gasteiger charge is 2.17. The Morgan fingerprint density at radius 3 is 2.65 bits per heavy atom. The lowest BCUT2D eigenvalue weighted by Crippen LogP contribution is -2.26. The minimum atomic E-state index is -3.23. The van der Waals surface area contributed by atoms with Crippen LogP contribution in [-0.2, 0) is 9.84 Å². The van der Waals surface area contributed by atoms with E-state index >= 15 is 0 Å². The fourth-order valence-electron chi connectivity index (χ4n) is 1.64. The van der Waals surface area contributed by atoms with Crippen LogP contribution in [-0.4, -0.2) is 33.2 Å². The van der Waals surface area contributed by atoms with Crippen molar-refractivity contribution in [2.45, 2.75) is 25.2 Å². The van der Waals surface area contributed by atoms with E-state index in [1.54, 1.807) is 18.3 Å². The van der Waals surface area contributed by atoms with Crippen LogP contribution in [0.4, 0.5) is 5.82 Å². The van der Waals surface area contributed by atoms with Crippen molar-refractivity contribution >= 4 is 15.7 Å². The average molecular weight is 256 g/mol. The van der Waals surface area contributed by atoms with E-state index in [0.29, 0.717) is 16.6 Å². The van der Waals surface area contributed by atoms with Crippen LogP contribution < -0.4 is 4.90 Å². The molecule has 1 aromatic heterocycles. The molecule has 1 unspecified atom stereocenters. The molecule has 5 heteroatoms. The van der Waals surface area contributed by atoms with Gasteiger partial charge in [-0.2, -0.15) is 0 Å². The van der Waals surface area contributed by atoms with Crippen LogP contribution in [0, 0.1) is 5.92 Å². The molecule has 0 N–H and O–H groups in total. The Morgan fingerprint density at radius 2 is 2.12 bits per heavy atom. The fraction of sp³-hybridized carbons (Fsp3) is 0.583. The van der Waals surface area contributed by atoms with Gasteiger partial charge in [-0.1, -0.05) is 20.3 Å². The van der Waals surface area contributed by atoms with Gasteiger partial charge in [-0.3, -0.25) is 0 Å². The Labute approximate surface area is 104 Å². The lowest BCUT2D eigenvalue weighted by atomic mass is 10.1. The smallest absolute Gasteiger partial charge is 0.179 e. The molecule has 0 amide bonds. The van der Waals surface area contributed by atoms with E-state index < -0.39 is 9.84 Å². The van der Waals surface area contributed by atoms with Gasteiger partial charge >= 0.3 is 0 Å². The summed E-state index contributed by atoms with van der Waals surface area (Å²) in [4.78, 5) is 6.38. The van der Waals surface area contributed by atoms with E-state index in [2.05, 4.69) is 18.8 Å². The van der Waals surface area contributed by atoms with E-state index in [1.807, 2.05) is 11.9 Å². The average Bonchev–Trinajstić information content (AvgIpc) is 2.27. The first-order valence-corrected chi connectivity index (χ1v) is 7.61.